The van der Waals surface area contributed by atoms with Crippen LogP contribution in [0.25, 0.3) is 0 Å². The van der Waals surface area contributed by atoms with E-state index >= 15 is 0 Å². The zero-order valence-electron chi connectivity index (χ0n) is 11.4. The molecular formula is C13H18N4O2S. The minimum Gasteiger partial charge on any atom is -0.378 e. The third kappa shape index (κ3) is 4.07. The molecule has 0 radical (unpaired) electrons. The number of aryl methyl sites for hydroxylation is 1. The molecule has 0 saturated carbocycles. The van der Waals surface area contributed by atoms with Crippen molar-refractivity contribution >= 4 is 15.7 Å². The fraction of sp³-hybridized carbons (Fsp3) is 0.308. The van der Waals surface area contributed by atoms with E-state index in [0.717, 1.165) is 11.3 Å². The molecule has 0 fully saturated rings. The van der Waals surface area contributed by atoms with Gasteiger partial charge in [0.05, 0.1) is 18.0 Å². The van der Waals surface area contributed by atoms with Gasteiger partial charge in [0.2, 0.25) is 10.0 Å². The third-order valence-corrected chi connectivity index (χ3v) is 3.67. The van der Waals surface area contributed by atoms with E-state index in [2.05, 4.69) is 10.4 Å². The third-order valence-electron chi connectivity index (χ3n) is 2.93. The summed E-state index contributed by atoms with van der Waals surface area (Å²) in [5.41, 5.74) is 2.67. The second-order valence-corrected chi connectivity index (χ2v) is 6.43. The fourth-order valence-electron chi connectivity index (χ4n) is 1.93. The number of hydrogen-bond donors (Lipinski definition) is 2. The van der Waals surface area contributed by atoms with Gasteiger partial charge in [-0.05, 0) is 24.6 Å². The largest absolute Gasteiger partial charge is 0.378 e. The number of hydrogen-bond acceptors (Lipinski definition) is 4. The molecule has 0 aliphatic heterocycles. The quantitative estimate of drug-likeness (QED) is 0.871. The van der Waals surface area contributed by atoms with Gasteiger partial charge in [-0.25, -0.2) is 13.6 Å². The van der Waals surface area contributed by atoms with Crippen molar-refractivity contribution in [2.45, 2.75) is 18.7 Å². The monoisotopic (exact) mass is 294 g/mol. The van der Waals surface area contributed by atoms with E-state index in [1.807, 2.05) is 38.5 Å². The molecular weight excluding hydrogens is 276 g/mol. The van der Waals surface area contributed by atoms with Crippen molar-refractivity contribution in [1.82, 2.24) is 9.78 Å². The second-order valence-electron chi connectivity index (χ2n) is 4.82. The summed E-state index contributed by atoms with van der Waals surface area (Å²) in [4.78, 5) is 0. The Morgan fingerprint density at radius 2 is 2.00 bits per heavy atom. The van der Waals surface area contributed by atoms with Crippen molar-refractivity contribution in [1.29, 1.82) is 0 Å². The molecule has 1 aromatic heterocycles. The number of nitrogens with zero attached hydrogens (tertiary/aromatic N) is 2. The Hall–Kier alpha value is -1.86. The van der Waals surface area contributed by atoms with Gasteiger partial charge in [0.1, 0.15) is 0 Å². The van der Waals surface area contributed by atoms with Crippen LogP contribution in [0.1, 0.15) is 24.1 Å². The zero-order valence-corrected chi connectivity index (χ0v) is 12.3. The van der Waals surface area contributed by atoms with Crippen LogP contribution < -0.4 is 10.5 Å². The Balaban J connectivity index is 2.03. The van der Waals surface area contributed by atoms with Gasteiger partial charge < -0.3 is 5.32 Å². The Bertz CT molecular complexity index is 677. The molecule has 0 aliphatic rings. The molecule has 0 amide bonds. The summed E-state index contributed by atoms with van der Waals surface area (Å²) in [6.07, 6.45) is 3.76. The van der Waals surface area contributed by atoms with Gasteiger partial charge in [-0.2, -0.15) is 5.10 Å². The molecule has 20 heavy (non-hydrogen) atoms. The molecule has 3 N–H and O–H groups in total. The summed E-state index contributed by atoms with van der Waals surface area (Å²) in [6.45, 7) is 2.04. The van der Waals surface area contributed by atoms with Crippen LogP contribution in [-0.2, 0) is 22.8 Å². The second kappa shape index (κ2) is 5.64. The van der Waals surface area contributed by atoms with E-state index < -0.39 is 10.0 Å². The molecule has 6 nitrogen and oxygen atoms in total. The lowest BCUT2D eigenvalue weighted by Gasteiger charge is -2.13. The summed E-state index contributed by atoms with van der Waals surface area (Å²) in [6, 6.07) is 7.31. The molecule has 1 heterocycles. The minimum atomic E-state index is -3.48. The van der Waals surface area contributed by atoms with Gasteiger partial charge in [0.15, 0.2) is 0 Å². The summed E-state index contributed by atoms with van der Waals surface area (Å²) >= 11 is 0. The number of sulfonamides is 1. The van der Waals surface area contributed by atoms with Crippen LogP contribution in [0, 0.1) is 0 Å². The van der Waals surface area contributed by atoms with E-state index in [1.54, 1.807) is 16.8 Å². The van der Waals surface area contributed by atoms with Crippen molar-refractivity contribution in [3.63, 3.8) is 0 Å². The molecule has 1 atom stereocenters. The molecule has 2 aromatic rings. The number of primary sulfonamides is 1. The molecule has 0 aliphatic carbocycles. The number of benzene rings is 1. The summed E-state index contributed by atoms with van der Waals surface area (Å²) in [5.74, 6) is -0.147. The average Bonchev–Trinajstić information content (AvgIpc) is 2.77. The van der Waals surface area contributed by atoms with E-state index in [-0.39, 0.29) is 11.8 Å². The Kier molecular flexibility index (Phi) is 4.10. The summed E-state index contributed by atoms with van der Waals surface area (Å²) in [7, 11) is -1.61. The van der Waals surface area contributed by atoms with Gasteiger partial charge in [-0.1, -0.05) is 12.1 Å². The molecule has 2 rings (SSSR count). The molecule has 1 unspecified atom stereocenters. The van der Waals surface area contributed by atoms with Gasteiger partial charge in [0.25, 0.3) is 0 Å². The average molecular weight is 294 g/mol. The van der Waals surface area contributed by atoms with Crippen LogP contribution in [0.4, 0.5) is 5.69 Å². The maximum absolute atomic E-state index is 11.0. The number of anilines is 1. The maximum atomic E-state index is 11.0. The molecule has 1 aromatic carbocycles. The molecule has 7 heteroatoms. The lowest BCUT2D eigenvalue weighted by atomic mass is 10.1. The first-order valence-electron chi connectivity index (χ1n) is 6.18. The predicted molar refractivity (Wildman–Crippen MR) is 78.5 cm³/mol. The number of rotatable bonds is 5. The molecule has 0 saturated heterocycles. The van der Waals surface area contributed by atoms with Crippen LogP contribution in [0.5, 0.6) is 0 Å². The summed E-state index contributed by atoms with van der Waals surface area (Å²) < 4.78 is 23.8. The van der Waals surface area contributed by atoms with Gasteiger partial charge in [-0.15, -0.1) is 0 Å². The predicted octanol–water partition coefficient (Wildman–Crippen LogP) is 1.38. The molecule has 0 bridgehead atoms. The highest BCUT2D eigenvalue weighted by atomic mass is 32.2. The maximum Gasteiger partial charge on any atom is 0.213 e. The van der Waals surface area contributed by atoms with E-state index in [0.29, 0.717) is 5.56 Å². The smallest absolute Gasteiger partial charge is 0.213 e. The lowest BCUT2D eigenvalue weighted by Crippen LogP contribution is -2.14. The van der Waals surface area contributed by atoms with Gasteiger partial charge >= 0.3 is 0 Å². The first-order chi connectivity index (χ1) is 9.33. The van der Waals surface area contributed by atoms with Crippen LogP contribution in [0.15, 0.2) is 36.7 Å². The first kappa shape index (κ1) is 14.5. The fourth-order valence-corrected chi connectivity index (χ4v) is 2.58. The van der Waals surface area contributed by atoms with Crippen LogP contribution in [0.3, 0.4) is 0 Å². The van der Waals surface area contributed by atoms with Crippen LogP contribution in [0.2, 0.25) is 0 Å². The number of nitrogens with two attached hydrogens (primary N) is 1. The highest BCUT2D eigenvalue weighted by Gasteiger charge is 2.08. The highest BCUT2D eigenvalue weighted by Crippen LogP contribution is 2.19. The van der Waals surface area contributed by atoms with Crippen molar-refractivity contribution in [3.05, 3.63) is 47.8 Å². The topological polar surface area (TPSA) is 90.0 Å². The van der Waals surface area contributed by atoms with E-state index in [1.165, 1.54) is 0 Å². The normalized spacial score (nSPS) is 13.2. The minimum absolute atomic E-state index is 0.118. The van der Waals surface area contributed by atoms with E-state index in [9.17, 15) is 8.42 Å². The Morgan fingerprint density at radius 3 is 2.50 bits per heavy atom. The Morgan fingerprint density at radius 1 is 1.35 bits per heavy atom. The highest BCUT2D eigenvalue weighted by molar-refractivity contribution is 7.88. The summed E-state index contributed by atoms with van der Waals surface area (Å²) in [5, 5.41) is 12.5. The van der Waals surface area contributed by atoms with Crippen molar-refractivity contribution in [3.8, 4) is 0 Å². The standard InChI is InChI=1S/C13H18N4O2S/c1-10(12-7-15-17(2)8-12)16-13-5-3-11(4-6-13)9-20(14,18)19/h3-8,10,16H,9H2,1-2H3,(H2,14,18,19). The van der Waals surface area contributed by atoms with E-state index in [4.69, 9.17) is 5.14 Å². The molecule has 0 spiro atoms. The van der Waals surface area contributed by atoms with Gasteiger partial charge in [-0.3, -0.25) is 4.68 Å². The lowest BCUT2D eigenvalue weighted by molar-refractivity contribution is 0.597. The Labute approximate surface area is 118 Å². The number of aromatic nitrogens is 2. The van der Waals surface area contributed by atoms with Crippen LogP contribution >= 0.6 is 0 Å². The van der Waals surface area contributed by atoms with Gasteiger partial charge in [0, 0.05) is 24.5 Å². The molecule has 108 valence electrons. The number of nitrogens with one attached hydrogen (secondary N) is 1. The van der Waals surface area contributed by atoms with Crippen LogP contribution in [-0.4, -0.2) is 18.2 Å². The SMILES string of the molecule is CC(Nc1ccc(CS(N)(=O)=O)cc1)c1cnn(C)c1. The van der Waals surface area contributed by atoms with Crippen molar-refractivity contribution in [2.75, 3.05) is 5.32 Å². The first-order valence-corrected chi connectivity index (χ1v) is 7.89. The van der Waals surface area contributed by atoms with Crippen molar-refractivity contribution in [2.24, 2.45) is 12.2 Å². The zero-order chi connectivity index (χ0) is 14.8. The van der Waals surface area contributed by atoms with Crippen molar-refractivity contribution < 1.29 is 8.42 Å².